The summed E-state index contributed by atoms with van der Waals surface area (Å²) in [4.78, 5) is 4.56. The molecule has 2 heterocycles. The van der Waals surface area contributed by atoms with Gasteiger partial charge in [-0.3, -0.25) is 4.40 Å². The molecular formula is C18H21FN6. The first-order valence-corrected chi connectivity index (χ1v) is 8.31. The summed E-state index contributed by atoms with van der Waals surface area (Å²) in [7, 11) is 0. The van der Waals surface area contributed by atoms with Crippen LogP contribution in [0.25, 0.3) is 5.65 Å². The van der Waals surface area contributed by atoms with Gasteiger partial charge in [0, 0.05) is 19.3 Å². The predicted molar refractivity (Wildman–Crippen MR) is 95.9 cm³/mol. The Balaban J connectivity index is 1.60. The predicted octanol–water partition coefficient (Wildman–Crippen LogP) is 2.17. The zero-order valence-corrected chi connectivity index (χ0v) is 14.1. The second kappa shape index (κ2) is 8.23. The van der Waals surface area contributed by atoms with E-state index in [-0.39, 0.29) is 5.82 Å². The van der Waals surface area contributed by atoms with E-state index in [0.717, 1.165) is 36.0 Å². The largest absolute Gasteiger partial charge is 0.357 e. The average Bonchev–Trinajstić information content (AvgIpc) is 3.04. The molecule has 3 aromatic rings. The number of hydrogen-bond acceptors (Lipinski definition) is 3. The molecule has 6 nitrogen and oxygen atoms in total. The van der Waals surface area contributed by atoms with Crippen molar-refractivity contribution in [2.24, 2.45) is 4.99 Å². The van der Waals surface area contributed by atoms with Crippen LogP contribution in [0.15, 0.2) is 53.7 Å². The van der Waals surface area contributed by atoms with Gasteiger partial charge in [-0.2, -0.15) is 0 Å². The molecule has 0 aliphatic rings. The van der Waals surface area contributed by atoms with E-state index in [9.17, 15) is 4.39 Å². The molecule has 0 radical (unpaired) electrons. The summed E-state index contributed by atoms with van der Waals surface area (Å²) in [5.74, 6) is 1.29. The van der Waals surface area contributed by atoms with Crippen molar-refractivity contribution >= 4 is 11.6 Å². The molecule has 0 spiro atoms. The normalized spacial score (nSPS) is 11.7. The van der Waals surface area contributed by atoms with E-state index < -0.39 is 0 Å². The maximum absolute atomic E-state index is 12.9. The van der Waals surface area contributed by atoms with Gasteiger partial charge < -0.3 is 10.6 Å². The molecule has 0 saturated heterocycles. The fourth-order valence-electron chi connectivity index (χ4n) is 2.47. The van der Waals surface area contributed by atoms with Crippen LogP contribution in [-0.4, -0.2) is 33.6 Å². The summed E-state index contributed by atoms with van der Waals surface area (Å²) in [5, 5.41) is 14.8. The number of nitrogens with one attached hydrogen (secondary N) is 2. The van der Waals surface area contributed by atoms with Gasteiger partial charge in [0.2, 0.25) is 0 Å². The topological polar surface area (TPSA) is 66.6 Å². The van der Waals surface area contributed by atoms with E-state index in [1.807, 2.05) is 35.7 Å². The van der Waals surface area contributed by atoms with Gasteiger partial charge in [0.1, 0.15) is 12.4 Å². The van der Waals surface area contributed by atoms with E-state index in [2.05, 4.69) is 25.8 Å². The highest BCUT2D eigenvalue weighted by molar-refractivity contribution is 5.79. The lowest BCUT2D eigenvalue weighted by atomic mass is 10.1. The number of aliphatic imine (C=N–C) groups is 1. The summed E-state index contributed by atoms with van der Waals surface area (Å²) < 4.78 is 14.8. The third kappa shape index (κ3) is 4.53. The standard InChI is InChI=1S/C18H21FN6/c1-2-20-18(21-11-10-14-6-8-15(19)9-7-14)22-13-17-24-23-16-5-3-4-12-25(16)17/h3-9,12H,2,10-11,13H2,1H3,(H2,20,21,22). The van der Waals surface area contributed by atoms with Gasteiger partial charge in [0.05, 0.1) is 0 Å². The van der Waals surface area contributed by atoms with Gasteiger partial charge in [-0.05, 0) is 43.2 Å². The Morgan fingerprint density at radius 1 is 1.12 bits per heavy atom. The molecule has 0 amide bonds. The number of nitrogens with zero attached hydrogens (tertiary/aromatic N) is 4. The maximum atomic E-state index is 12.9. The van der Waals surface area contributed by atoms with Gasteiger partial charge in [-0.1, -0.05) is 18.2 Å². The number of rotatable bonds is 6. The van der Waals surface area contributed by atoms with Crippen molar-refractivity contribution in [2.75, 3.05) is 13.1 Å². The first-order chi connectivity index (χ1) is 12.3. The lowest BCUT2D eigenvalue weighted by Crippen LogP contribution is -2.38. The molecule has 1 aromatic carbocycles. The van der Waals surface area contributed by atoms with Crippen molar-refractivity contribution in [3.63, 3.8) is 0 Å². The summed E-state index contributed by atoms with van der Waals surface area (Å²) in [6.45, 7) is 3.92. The van der Waals surface area contributed by atoms with Crippen LogP contribution in [0.3, 0.4) is 0 Å². The summed E-state index contributed by atoms with van der Waals surface area (Å²) in [5.41, 5.74) is 1.88. The lowest BCUT2D eigenvalue weighted by Gasteiger charge is -2.11. The Morgan fingerprint density at radius 2 is 1.96 bits per heavy atom. The third-order valence-corrected chi connectivity index (χ3v) is 3.73. The van der Waals surface area contributed by atoms with Gasteiger partial charge in [-0.25, -0.2) is 9.38 Å². The van der Waals surface area contributed by atoms with Crippen LogP contribution in [0.1, 0.15) is 18.3 Å². The quantitative estimate of drug-likeness (QED) is 0.533. The summed E-state index contributed by atoms with van der Waals surface area (Å²) >= 11 is 0. The molecule has 0 bridgehead atoms. The summed E-state index contributed by atoms with van der Waals surface area (Å²) in [6.07, 6.45) is 2.72. The molecule has 0 fully saturated rings. The van der Waals surface area contributed by atoms with Crippen molar-refractivity contribution in [3.8, 4) is 0 Å². The molecule has 0 aliphatic carbocycles. The Kier molecular flexibility index (Phi) is 5.56. The molecule has 7 heteroatoms. The van der Waals surface area contributed by atoms with E-state index in [1.165, 1.54) is 12.1 Å². The van der Waals surface area contributed by atoms with Gasteiger partial charge >= 0.3 is 0 Å². The molecule has 3 rings (SSSR count). The lowest BCUT2D eigenvalue weighted by molar-refractivity contribution is 0.626. The van der Waals surface area contributed by atoms with E-state index in [1.54, 1.807) is 12.1 Å². The number of benzene rings is 1. The molecule has 0 unspecified atom stereocenters. The van der Waals surface area contributed by atoms with Crippen molar-refractivity contribution in [3.05, 3.63) is 65.9 Å². The first kappa shape index (κ1) is 16.9. The Morgan fingerprint density at radius 3 is 2.76 bits per heavy atom. The fraction of sp³-hybridized carbons (Fsp3) is 0.278. The van der Waals surface area contributed by atoms with Crippen LogP contribution >= 0.6 is 0 Å². The molecular weight excluding hydrogens is 319 g/mol. The van der Waals surface area contributed by atoms with Crippen LogP contribution in [0.4, 0.5) is 4.39 Å². The average molecular weight is 340 g/mol. The molecule has 2 N–H and O–H groups in total. The zero-order valence-electron chi connectivity index (χ0n) is 14.1. The molecule has 130 valence electrons. The molecule has 0 atom stereocenters. The molecule has 0 saturated carbocycles. The van der Waals surface area contributed by atoms with Crippen molar-refractivity contribution < 1.29 is 4.39 Å². The van der Waals surface area contributed by atoms with Crippen LogP contribution in [0, 0.1) is 5.82 Å². The zero-order chi connectivity index (χ0) is 17.5. The van der Waals surface area contributed by atoms with Crippen LogP contribution in [0.2, 0.25) is 0 Å². The molecule has 2 aromatic heterocycles. The highest BCUT2D eigenvalue weighted by Crippen LogP contribution is 2.04. The smallest absolute Gasteiger partial charge is 0.191 e. The number of aromatic nitrogens is 3. The Bertz CT molecular complexity index is 840. The number of guanidine groups is 1. The Labute approximate surface area is 145 Å². The second-order valence-corrected chi connectivity index (χ2v) is 5.54. The highest BCUT2D eigenvalue weighted by atomic mass is 19.1. The first-order valence-electron chi connectivity index (χ1n) is 8.31. The number of fused-ring (bicyclic) bond motifs is 1. The minimum Gasteiger partial charge on any atom is -0.357 e. The molecule has 25 heavy (non-hydrogen) atoms. The third-order valence-electron chi connectivity index (χ3n) is 3.73. The monoisotopic (exact) mass is 340 g/mol. The van der Waals surface area contributed by atoms with Gasteiger partial charge in [-0.15, -0.1) is 10.2 Å². The van der Waals surface area contributed by atoms with E-state index in [4.69, 9.17) is 0 Å². The number of pyridine rings is 1. The minimum absolute atomic E-state index is 0.216. The van der Waals surface area contributed by atoms with Crippen molar-refractivity contribution in [1.82, 2.24) is 25.2 Å². The maximum Gasteiger partial charge on any atom is 0.191 e. The van der Waals surface area contributed by atoms with Crippen molar-refractivity contribution in [1.29, 1.82) is 0 Å². The second-order valence-electron chi connectivity index (χ2n) is 5.54. The Hall–Kier alpha value is -2.96. The van der Waals surface area contributed by atoms with Crippen LogP contribution in [0.5, 0.6) is 0 Å². The van der Waals surface area contributed by atoms with E-state index >= 15 is 0 Å². The number of hydrogen-bond donors (Lipinski definition) is 2. The molecule has 0 aliphatic heterocycles. The van der Waals surface area contributed by atoms with Crippen molar-refractivity contribution in [2.45, 2.75) is 19.9 Å². The van der Waals surface area contributed by atoms with E-state index in [0.29, 0.717) is 13.1 Å². The minimum atomic E-state index is -0.216. The van der Waals surface area contributed by atoms with Gasteiger partial charge in [0.25, 0.3) is 0 Å². The SMILES string of the molecule is CCNC(=NCc1nnc2ccccn12)NCCc1ccc(F)cc1. The fourth-order valence-corrected chi connectivity index (χ4v) is 2.47. The van der Waals surface area contributed by atoms with Crippen LogP contribution < -0.4 is 10.6 Å². The summed E-state index contributed by atoms with van der Waals surface area (Å²) in [6, 6.07) is 12.3. The van der Waals surface area contributed by atoms with Gasteiger partial charge in [0.15, 0.2) is 17.4 Å². The van der Waals surface area contributed by atoms with Crippen LogP contribution in [-0.2, 0) is 13.0 Å². The highest BCUT2D eigenvalue weighted by Gasteiger charge is 2.04. The number of halogens is 1.